The lowest BCUT2D eigenvalue weighted by atomic mass is 10.0. The molecule has 1 rings (SSSR count). The molecular weight excluding hydrogens is 323 g/mol. The molecule has 4 nitrogen and oxygen atoms in total. The van der Waals surface area contributed by atoms with Crippen molar-refractivity contribution in [3.8, 4) is 0 Å². The summed E-state index contributed by atoms with van der Waals surface area (Å²) in [6.45, 7) is 0. The van der Waals surface area contributed by atoms with Gasteiger partial charge in [-0.1, -0.05) is 6.07 Å². The summed E-state index contributed by atoms with van der Waals surface area (Å²) in [5.41, 5.74) is 3.28. The van der Waals surface area contributed by atoms with E-state index in [0.29, 0.717) is 22.9 Å². The van der Waals surface area contributed by atoms with E-state index in [4.69, 9.17) is 5.84 Å². The molecule has 0 aliphatic rings. The van der Waals surface area contributed by atoms with Gasteiger partial charge in [0.05, 0.1) is 4.47 Å². The predicted molar refractivity (Wildman–Crippen MR) is 73.1 cm³/mol. The molecule has 0 saturated carbocycles. The summed E-state index contributed by atoms with van der Waals surface area (Å²) in [4.78, 5) is 0. The summed E-state index contributed by atoms with van der Waals surface area (Å²) in [5.74, 6) is 5.15. The first-order chi connectivity index (χ1) is 8.33. The van der Waals surface area contributed by atoms with Crippen molar-refractivity contribution in [3.63, 3.8) is 0 Å². The fourth-order valence-electron chi connectivity index (χ4n) is 1.62. The number of halogens is 2. The number of hydrazine groups is 1. The van der Waals surface area contributed by atoms with Crippen molar-refractivity contribution in [2.45, 2.75) is 18.9 Å². The zero-order valence-corrected chi connectivity index (χ0v) is 12.4. The van der Waals surface area contributed by atoms with Crippen molar-refractivity contribution in [2.24, 2.45) is 5.84 Å². The van der Waals surface area contributed by atoms with Crippen molar-refractivity contribution < 1.29 is 12.8 Å². The van der Waals surface area contributed by atoms with Crippen LogP contribution >= 0.6 is 15.9 Å². The van der Waals surface area contributed by atoms with Crippen LogP contribution in [0.4, 0.5) is 4.39 Å². The quantitative estimate of drug-likeness (QED) is 0.614. The van der Waals surface area contributed by atoms with E-state index in [2.05, 4.69) is 21.4 Å². The normalized spacial score (nSPS) is 13.6. The Bertz CT molecular complexity index is 508. The van der Waals surface area contributed by atoms with Crippen LogP contribution in [0.1, 0.15) is 24.4 Å². The first kappa shape index (κ1) is 15.6. The number of nitrogens with one attached hydrogen (secondary N) is 1. The minimum absolute atomic E-state index is 0.101. The molecule has 0 saturated heterocycles. The zero-order valence-electron chi connectivity index (χ0n) is 9.99. The third kappa shape index (κ3) is 5.01. The molecule has 102 valence electrons. The van der Waals surface area contributed by atoms with Crippen LogP contribution < -0.4 is 11.3 Å². The standard InChI is InChI=1S/C11H16BrFN2O2S/c1-18(16,17)6-2-3-11(15-14)8-4-5-9(12)10(13)7-8/h4-5,7,11,15H,2-3,6,14H2,1H3. The van der Waals surface area contributed by atoms with E-state index < -0.39 is 9.84 Å². The van der Waals surface area contributed by atoms with Crippen LogP contribution in [0.25, 0.3) is 0 Å². The van der Waals surface area contributed by atoms with E-state index in [0.717, 1.165) is 0 Å². The SMILES string of the molecule is CS(=O)(=O)CCCC(NN)c1ccc(Br)c(F)c1. The monoisotopic (exact) mass is 338 g/mol. The molecule has 0 heterocycles. The molecule has 3 N–H and O–H groups in total. The highest BCUT2D eigenvalue weighted by molar-refractivity contribution is 9.10. The number of benzene rings is 1. The van der Waals surface area contributed by atoms with E-state index >= 15 is 0 Å². The first-order valence-electron chi connectivity index (χ1n) is 5.42. The van der Waals surface area contributed by atoms with Crippen molar-refractivity contribution in [1.29, 1.82) is 0 Å². The van der Waals surface area contributed by atoms with Crippen molar-refractivity contribution in [1.82, 2.24) is 5.43 Å². The van der Waals surface area contributed by atoms with Crippen molar-refractivity contribution >= 4 is 25.8 Å². The van der Waals surface area contributed by atoms with Gasteiger partial charge in [0.2, 0.25) is 0 Å². The summed E-state index contributed by atoms with van der Waals surface area (Å²) in [6.07, 6.45) is 2.20. The van der Waals surface area contributed by atoms with E-state index in [1.807, 2.05) is 0 Å². The number of nitrogens with two attached hydrogens (primary N) is 1. The Balaban J connectivity index is 2.68. The lowest BCUT2D eigenvalue weighted by molar-refractivity contribution is 0.503. The van der Waals surface area contributed by atoms with Crippen LogP contribution in [-0.2, 0) is 9.84 Å². The third-order valence-corrected chi connectivity index (χ3v) is 4.23. The Labute approximate surface area is 115 Å². The molecule has 0 radical (unpaired) electrons. The zero-order chi connectivity index (χ0) is 13.8. The first-order valence-corrected chi connectivity index (χ1v) is 8.27. The average molecular weight is 339 g/mol. The van der Waals surface area contributed by atoms with Gasteiger partial charge in [-0.05, 0) is 46.5 Å². The van der Waals surface area contributed by atoms with Crippen LogP contribution in [0, 0.1) is 5.82 Å². The summed E-state index contributed by atoms with van der Waals surface area (Å²) < 4.78 is 35.8. The fourth-order valence-corrected chi connectivity index (χ4v) is 2.56. The molecule has 0 aliphatic heterocycles. The molecule has 0 spiro atoms. The second-order valence-corrected chi connectivity index (χ2v) is 7.28. The Morgan fingerprint density at radius 1 is 1.50 bits per heavy atom. The number of rotatable bonds is 6. The third-order valence-electron chi connectivity index (χ3n) is 2.56. The van der Waals surface area contributed by atoms with Crippen LogP contribution in [0.3, 0.4) is 0 Å². The molecule has 0 aliphatic carbocycles. The van der Waals surface area contributed by atoms with Crippen LogP contribution in [0.15, 0.2) is 22.7 Å². The van der Waals surface area contributed by atoms with Gasteiger partial charge in [-0.2, -0.15) is 0 Å². The van der Waals surface area contributed by atoms with Crippen molar-refractivity contribution in [2.75, 3.05) is 12.0 Å². The van der Waals surface area contributed by atoms with Gasteiger partial charge in [0.25, 0.3) is 0 Å². The molecule has 0 amide bonds. The molecule has 1 aromatic rings. The Hall–Kier alpha value is -0.500. The number of hydrogen-bond donors (Lipinski definition) is 2. The highest BCUT2D eigenvalue weighted by atomic mass is 79.9. The molecule has 1 unspecified atom stereocenters. The van der Waals surface area contributed by atoms with E-state index in [1.165, 1.54) is 12.3 Å². The Morgan fingerprint density at radius 2 is 2.17 bits per heavy atom. The molecule has 1 atom stereocenters. The average Bonchev–Trinajstić information content (AvgIpc) is 2.27. The van der Waals surface area contributed by atoms with Gasteiger partial charge in [0.1, 0.15) is 15.7 Å². The highest BCUT2D eigenvalue weighted by Crippen LogP contribution is 2.23. The van der Waals surface area contributed by atoms with Gasteiger partial charge in [-0.3, -0.25) is 11.3 Å². The van der Waals surface area contributed by atoms with Gasteiger partial charge in [0, 0.05) is 18.1 Å². The molecule has 7 heteroatoms. The minimum Gasteiger partial charge on any atom is -0.271 e. The largest absolute Gasteiger partial charge is 0.271 e. The van der Waals surface area contributed by atoms with E-state index in [-0.39, 0.29) is 17.6 Å². The molecule has 0 fully saturated rings. The maximum absolute atomic E-state index is 13.4. The van der Waals surface area contributed by atoms with Crippen LogP contribution in [0.5, 0.6) is 0 Å². The van der Waals surface area contributed by atoms with Gasteiger partial charge >= 0.3 is 0 Å². The minimum atomic E-state index is -2.98. The lowest BCUT2D eigenvalue weighted by Crippen LogP contribution is -2.28. The summed E-state index contributed by atoms with van der Waals surface area (Å²) in [6, 6.07) is 4.48. The van der Waals surface area contributed by atoms with E-state index in [1.54, 1.807) is 12.1 Å². The maximum atomic E-state index is 13.4. The van der Waals surface area contributed by atoms with Crippen LogP contribution in [-0.4, -0.2) is 20.4 Å². The van der Waals surface area contributed by atoms with E-state index in [9.17, 15) is 12.8 Å². The topological polar surface area (TPSA) is 72.2 Å². The van der Waals surface area contributed by atoms with Gasteiger partial charge in [-0.25, -0.2) is 12.8 Å². The number of hydrogen-bond acceptors (Lipinski definition) is 4. The van der Waals surface area contributed by atoms with Crippen molar-refractivity contribution in [3.05, 3.63) is 34.1 Å². The predicted octanol–water partition coefficient (Wildman–Crippen LogP) is 1.92. The second kappa shape index (κ2) is 6.60. The Kier molecular flexibility index (Phi) is 5.71. The lowest BCUT2D eigenvalue weighted by Gasteiger charge is -2.16. The van der Waals surface area contributed by atoms with Crippen LogP contribution in [0.2, 0.25) is 0 Å². The van der Waals surface area contributed by atoms with Gasteiger partial charge in [0.15, 0.2) is 0 Å². The highest BCUT2D eigenvalue weighted by Gasteiger charge is 2.13. The molecule has 0 aromatic heterocycles. The van der Waals surface area contributed by atoms with Gasteiger partial charge < -0.3 is 0 Å². The smallest absolute Gasteiger partial charge is 0.147 e. The molecular formula is C11H16BrFN2O2S. The number of sulfone groups is 1. The summed E-state index contributed by atoms with van der Waals surface area (Å²) in [7, 11) is -2.98. The molecule has 1 aromatic carbocycles. The summed E-state index contributed by atoms with van der Waals surface area (Å²) in [5, 5.41) is 0. The van der Waals surface area contributed by atoms with Gasteiger partial charge in [-0.15, -0.1) is 0 Å². The summed E-state index contributed by atoms with van der Waals surface area (Å²) >= 11 is 3.07. The maximum Gasteiger partial charge on any atom is 0.147 e. The molecule has 0 bridgehead atoms. The fraction of sp³-hybridized carbons (Fsp3) is 0.455. The molecule has 18 heavy (non-hydrogen) atoms. The second-order valence-electron chi connectivity index (χ2n) is 4.16. The Morgan fingerprint density at radius 3 is 2.67 bits per heavy atom.